The predicted molar refractivity (Wildman–Crippen MR) is 46.7 cm³/mol. The van der Waals surface area contributed by atoms with Crippen LogP contribution >= 0.6 is 24.0 Å². The third-order valence-corrected chi connectivity index (χ3v) is 2.57. The Morgan fingerprint density at radius 3 is 2.20 bits per heavy atom. The molecule has 0 aliphatic carbocycles. The molecule has 0 amide bonds. The Hall–Kier alpha value is -0.0900. The molecule has 1 heterocycles. The summed E-state index contributed by atoms with van der Waals surface area (Å²) in [6, 6.07) is 0. The van der Waals surface area contributed by atoms with E-state index in [1.54, 1.807) is 11.3 Å². The van der Waals surface area contributed by atoms with E-state index in [0.29, 0.717) is 0 Å². The van der Waals surface area contributed by atoms with Crippen molar-refractivity contribution >= 4 is 24.0 Å². The lowest BCUT2D eigenvalue weighted by molar-refractivity contribution is 0.760. The van der Waals surface area contributed by atoms with Crippen molar-refractivity contribution in [2.45, 2.75) is 25.5 Å². The molecule has 0 unspecified atom stereocenters. The Balaban J connectivity index is 2.96. The number of rotatable bonds is 1. The standard InChI is InChI=1S/C6H10N2S2/c1-4-7-8-5(10-4)6(2,3)9/h9H,1-3H3. The van der Waals surface area contributed by atoms with Gasteiger partial charge >= 0.3 is 0 Å². The highest BCUT2D eigenvalue weighted by atomic mass is 32.1. The Bertz CT molecular complexity index is 224. The van der Waals surface area contributed by atoms with E-state index in [0.717, 1.165) is 10.0 Å². The van der Waals surface area contributed by atoms with Crippen molar-refractivity contribution in [2.24, 2.45) is 0 Å². The number of thiol groups is 1. The van der Waals surface area contributed by atoms with Gasteiger partial charge in [0.1, 0.15) is 10.0 Å². The molecule has 0 saturated heterocycles. The maximum absolute atomic E-state index is 4.37. The van der Waals surface area contributed by atoms with E-state index in [1.165, 1.54) is 0 Å². The third-order valence-electron chi connectivity index (χ3n) is 1.05. The molecule has 0 bridgehead atoms. The summed E-state index contributed by atoms with van der Waals surface area (Å²) in [4.78, 5) is 0. The fraction of sp³-hybridized carbons (Fsp3) is 0.667. The zero-order valence-corrected chi connectivity index (χ0v) is 7.96. The van der Waals surface area contributed by atoms with E-state index >= 15 is 0 Å². The third kappa shape index (κ3) is 1.70. The van der Waals surface area contributed by atoms with Crippen LogP contribution in [0, 0.1) is 6.92 Å². The molecule has 1 aromatic rings. The second kappa shape index (κ2) is 2.51. The summed E-state index contributed by atoms with van der Waals surface area (Å²) in [5.74, 6) is 0. The van der Waals surface area contributed by atoms with E-state index in [1.807, 2.05) is 20.8 Å². The molecule has 0 atom stereocenters. The number of hydrogen-bond acceptors (Lipinski definition) is 4. The lowest BCUT2D eigenvalue weighted by Gasteiger charge is -2.10. The summed E-state index contributed by atoms with van der Waals surface area (Å²) in [7, 11) is 0. The van der Waals surface area contributed by atoms with Crippen LogP contribution in [0.4, 0.5) is 0 Å². The van der Waals surface area contributed by atoms with Crippen molar-refractivity contribution in [1.29, 1.82) is 0 Å². The van der Waals surface area contributed by atoms with Crippen LogP contribution in [0.25, 0.3) is 0 Å². The van der Waals surface area contributed by atoms with Gasteiger partial charge in [0.25, 0.3) is 0 Å². The summed E-state index contributed by atoms with van der Waals surface area (Å²) in [5, 5.41) is 9.86. The van der Waals surface area contributed by atoms with Crippen molar-refractivity contribution in [3.63, 3.8) is 0 Å². The molecule has 4 heteroatoms. The van der Waals surface area contributed by atoms with Crippen molar-refractivity contribution in [1.82, 2.24) is 10.2 Å². The number of hydrogen-bond donors (Lipinski definition) is 1. The molecule has 1 aromatic heterocycles. The van der Waals surface area contributed by atoms with Gasteiger partial charge in [-0.2, -0.15) is 12.6 Å². The minimum absolute atomic E-state index is 0.147. The van der Waals surface area contributed by atoms with Gasteiger partial charge in [-0.1, -0.05) is 0 Å². The molecular formula is C6H10N2S2. The number of aromatic nitrogens is 2. The first-order valence-corrected chi connectivity index (χ1v) is 4.29. The molecule has 2 nitrogen and oxygen atoms in total. The molecule has 0 radical (unpaired) electrons. The van der Waals surface area contributed by atoms with Crippen molar-refractivity contribution in [3.8, 4) is 0 Å². The molecule has 0 aliphatic rings. The van der Waals surface area contributed by atoms with Crippen LogP contribution in [0.3, 0.4) is 0 Å². The van der Waals surface area contributed by atoms with Gasteiger partial charge in [-0.25, -0.2) is 0 Å². The average molecular weight is 174 g/mol. The van der Waals surface area contributed by atoms with Crippen LogP contribution in [0.15, 0.2) is 0 Å². The maximum atomic E-state index is 4.37. The maximum Gasteiger partial charge on any atom is 0.132 e. The summed E-state index contributed by atoms with van der Waals surface area (Å²) < 4.78 is -0.147. The number of aryl methyl sites for hydroxylation is 1. The van der Waals surface area contributed by atoms with Crippen LogP contribution in [-0.4, -0.2) is 10.2 Å². The Labute approximate surface area is 70.1 Å². The van der Waals surface area contributed by atoms with Gasteiger partial charge in [-0.3, -0.25) is 0 Å². The fourth-order valence-corrected chi connectivity index (χ4v) is 1.42. The van der Waals surface area contributed by atoms with Gasteiger partial charge in [0.15, 0.2) is 0 Å². The predicted octanol–water partition coefficient (Wildman–Crippen LogP) is 2.01. The minimum atomic E-state index is -0.147. The van der Waals surface area contributed by atoms with Gasteiger partial charge in [0.2, 0.25) is 0 Å². The minimum Gasteiger partial charge on any atom is -0.166 e. The van der Waals surface area contributed by atoms with E-state index in [2.05, 4.69) is 22.8 Å². The van der Waals surface area contributed by atoms with Crippen molar-refractivity contribution < 1.29 is 0 Å². The zero-order chi connectivity index (χ0) is 7.78. The Morgan fingerprint density at radius 1 is 1.40 bits per heavy atom. The summed E-state index contributed by atoms with van der Waals surface area (Å²) in [6.45, 7) is 5.97. The smallest absolute Gasteiger partial charge is 0.132 e. The van der Waals surface area contributed by atoms with E-state index in [4.69, 9.17) is 0 Å². The normalized spacial score (nSPS) is 12.0. The Kier molecular flexibility index (Phi) is 2.01. The fourth-order valence-electron chi connectivity index (χ4n) is 0.544. The first-order valence-electron chi connectivity index (χ1n) is 3.03. The molecule has 0 spiro atoms. The SMILES string of the molecule is Cc1nnc(C(C)(C)S)s1. The average Bonchev–Trinajstić information content (AvgIpc) is 2.11. The molecule has 0 aliphatic heterocycles. The topological polar surface area (TPSA) is 25.8 Å². The highest BCUT2D eigenvalue weighted by Crippen LogP contribution is 2.28. The first kappa shape index (κ1) is 8.01. The van der Waals surface area contributed by atoms with Crippen LogP contribution in [-0.2, 0) is 4.75 Å². The molecule has 10 heavy (non-hydrogen) atoms. The van der Waals surface area contributed by atoms with Gasteiger partial charge in [0.05, 0.1) is 4.75 Å². The Morgan fingerprint density at radius 2 is 2.00 bits per heavy atom. The van der Waals surface area contributed by atoms with Crippen LogP contribution in [0.1, 0.15) is 23.9 Å². The lowest BCUT2D eigenvalue weighted by Crippen LogP contribution is -2.06. The zero-order valence-electron chi connectivity index (χ0n) is 6.25. The molecule has 1 rings (SSSR count). The lowest BCUT2D eigenvalue weighted by atomic mass is 10.2. The quantitative estimate of drug-likeness (QED) is 0.659. The molecule has 56 valence electrons. The largest absolute Gasteiger partial charge is 0.166 e. The van der Waals surface area contributed by atoms with E-state index in [9.17, 15) is 0 Å². The van der Waals surface area contributed by atoms with Crippen molar-refractivity contribution in [2.75, 3.05) is 0 Å². The van der Waals surface area contributed by atoms with E-state index in [-0.39, 0.29) is 4.75 Å². The molecule has 0 N–H and O–H groups in total. The van der Waals surface area contributed by atoms with Gasteiger partial charge in [0, 0.05) is 0 Å². The first-order chi connectivity index (χ1) is 4.50. The number of nitrogens with zero attached hydrogens (tertiary/aromatic N) is 2. The van der Waals surface area contributed by atoms with Crippen molar-refractivity contribution in [3.05, 3.63) is 10.0 Å². The van der Waals surface area contributed by atoms with Crippen LogP contribution < -0.4 is 0 Å². The summed E-state index contributed by atoms with van der Waals surface area (Å²) >= 11 is 5.96. The van der Waals surface area contributed by atoms with E-state index < -0.39 is 0 Å². The monoisotopic (exact) mass is 174 g/mol. The highest BCUT2D eigenvalue weighted by molar-refractivity contribution is 7.81. The molecular weight excluding hydrogens is 164 g/mol. The summed E-state index contributed by atoms with van der Waals surface area (Å²) in [6.07, 6.45) is 0. The van der Waals surface area contributed by atoms with Gasteiger partial charge in [-0.15, -0.1) is 21.5 Å². The van der Waals surface area contributed by atoms with Gasteiger partial charge in [-0.05, 0) is 20.8 Å². The highest BCUT2D eigenvalue weighted by Gasteiger charge is 2.18. The van der Waals surface area contributed by atoms with Gasteiger partial charge < -0.3 is 0 Å². The van der Waals surface area contributed by atoms with Crippen LogP contribution in [0.2, 0.25) is 0 Å². The molecule has 0 aromatic carbocycles. The molecule has 0 fully saturated rings. The second-order valence-corrected chi connectivity index (χ2v) is 4.98. The van der Waals surface area contributed by atoms with Crippen LogP contribution in [0.5, 0.6) is 0 Å². The summed E-state index contributed by atoms with van der Waals surface area (Å²) in [5.41, 5.74) is 0. The molecule has 0 saturated carbocycles. The second-order valence-electron chi connectivity index (χ2n) is 2.69.